The van der Waals surface area contributed by atoms with Crippen LogP contribution in [0.1, 0.15) is 10.4 Å². The number of halogens is 2. The first-order valence-corrected chi connectivity index (χ1v) is 6.60. The Balaban J connectivity index is 2.03. The van der Waals surface area contributed by atoms with Gasteiger partial charge in [-0.1, -0.05) is 11.6 Å². The van der Waals surface area contributed by atoms with E-state index in [1.165, 1.54) is 36.5 Å². The predicted octanol–water partition coefficient (Wildman–Crippen LogP) is 3.63. The Morgan fingerprint density at radius 3 is 2.95 bits per heavy atom. The van der Waals surface area contributed by atoms with Gasteiger partial charge in [0.2, 0.25) is 0 Å². The topological polar surface area (TPSA) is 49.0 Å². The van der Waals surface area contributed by atoms with Gasteiger partial charge in [-0.3, -0.25) is 9.78 Å². The van der Waals surface area contributed by atoms with Crippen LogP contribution in [0.5, 0.6) is 0 Å². The van der Waals surface area contributed by atoms with E-state index in [9.17, 15) is 9.18 Å². The van der Waals surface area contributed by atoms with Crippen LogP contribution in [-0.4, -0.2) is 22.9 Å². The molecule has 0 unspecified atom stereocenters. The number of aromatic nitrogens is 2. The van der Waals surface area contributed by atoms with Gasteiger partial charge < -0.3 is 9.88 Å². The fourth-order valence-electron chi connectivity index (χ4n) is 2.16. The Hall–Kier alpha value is -2.40. The molecule has 0 fully saturated rings. The van der Waals surface area contributed by atoms with E-state index in [1.807, 2.05) is 6.07 Å². The van der Waals surface area contributed by atoms with Crippen molar-refractivity contribution >= 4 is 34.1 Å². The second kappa shape index (κ2) is 5.18. The number of nitrogens with one attached hydrogen (secondary N) is 1. The van der Waals surface area contributed by atoms with Crippen molar-refractivity contribution < 1.29 is 9.18 Å². The molecule has 0 atom stereocenters. The van der Waals surface area contributed by atoms with Gasteiger partial charge >= 0.3 is 0 Å². The number of carbonyl (C=O) groups is 1. The number of fused-ring (bicyclic) bond motifs is 1. The third-order valence-electron chi connectivity index (χ3n) is 3.29. The van der Waals surface area contributed by atoms with Gasteiger partial charge in [0.25, 0.3) is 5.91 Å². The molecule has 2 heterocycles. The number of pyridine rings is 1. The average Bonchev–Trinajstić information content (AvgIpc) is 2.92. The third-order valence-corrected chi connectivity index (χ3v) is 3.59. The number of nitrogens with zero attached hydrogens (tertiary/aromatic N) is 2. The standard InChI is InChI=1S/C15H11ClFN3O/c1-20(15(21)10-3-4-18-8-11(10)16)14-6-9-2-5-19-13(9)7-12(14)17/h2-8,19H,1H3. The lowest BCUT2D eigenvalue weighted by Crippen LogP contribution is -2.27. The number of rotatable bonds is 2. The van der Waals surface area contributed by atoms with Crippen LogP contribution in [0.4, 0.5) is 10.1 Å². The minimum atomic E-state index is -0.481. The Kier molecular flexibility index (Phi) is 3.35. The molecular formula is C15H11ClFN3O. The molecule has 1 N–H and O–H groups in total. The number of amides is 1. The Morgan fingerprint density at radius 2 is 2.19 bits per heavy atom. The minimum absolute atomic E-state index is 0.194. The highest BCUT2D eigenvalue weighted by molar-refractivity contribution is 6.34. The molecule has 3 rings (SSSR count). The summed E-state index contributed by atoms with van der Waals surface area (Å²) in [6, 6.07) is 6.31. The van der Waals surface area contributed by atoms with E-state index in [4.69, 9.17) is 11.6 Å². The van der Waals surface area contributed by atoms with Crippen molar-refractivity contribution in [2.75, 3.05) is 11.9 Å². The van der Waals surface area contributed by atoms with Crippen LogP contribution < -0.4 is 4.90 Å². The largest absolute Gasteiger partial charge is 0.361 e. The number of H-pyrrole nitrogens is 1. The van der Waals surface area contributed by atoms with Crippen molar-refractivity contribution in [3.05, 3.63) is 59.3 Å². The first kappa shape index (κ1) is 13.6. The van der Waals surface area contributed by atoms with Gasteiger partial charge in [-0.15, -0.1) is 0 Å². The molecule has 0 bridgehead atoms. The molecule has 0 radical (unpaired) electrons. The van der Waals surface area contributed by atoms with Crippen LogP contribution in [0, 0.1) is 5.82 Å². The molecule has 1 amide bonds. The SMILES string of the molecule is CN(C(=O)c1ccncc1Cl)c1cc2cc[nH]c2cc1F. The summed E-state index contributed by atoms with van der Waals surface area (Å²) in [5.74, 6) is -0.873. The summed E-state index contributed by atoms with van der Waals surface area (Å²) in [5.41, 5.74) is 1.15. The Labute approximate surface area is 125 Å². The Bertz CT molecular complexity index is 831. The van der Waals surface area contributed by atoms with Gasteiger partial charge in [0, 0.05) is 42.6 Å². The second-order valence-electron chi connectivity index (χ2n) is 4.59. The van der Waals surface area contributed by atoms with E-state index in [0.29, 0.717) is 5.52 Å². The van der Waals surface area contributed by atoms with Crippen molar-refractivity contribution in [3.63, 3.8) is 0 Å². The van der Waals surface area contributed by atoms with Crippen LogP contribution in [-0.2, 0) is 0 Å². The summed E-state index contributed by atoms with van der Waals surface area (Å²) in [5, 5.41) is 1.06. The molecular weight excluding hydrogens is 293 g/mol. The lowest BCUT2D eigenvalue weighted by Gasteiger charge is -2.18. The third kappa shape index (κ3) is 2.36. The number of carbonyl (C=O) groups excluding carboxylic acids is 1. The first-order valence-electron chi connectivity index (χ1n) is 6.22. The molecule has 0 saturated heterocycles. The highest BCUT2D eigenvalue weighted by atomic mass is 35.5. The van der Waals surface area contributed by atoms with Crippen molar-refractivity contribution in [1.82, 2.24) is 9.97 Å². The zero-order valence-corrected chi connectivity index (χ0v) is 11.9. The molecule has 0 aliphatic heterocycles. The molecule has 106 valence electrons. The monoisotopic (exact) mass is 303 g/mol. The molecule has 0 saturated carbocycles. The maximum Gasteiger partial charge on any atom is 0.259 e. The smallest absolute Gasteiger partial charge is 0.259 e. The normalized spacial score (nSPS) is 10.8. The van der Waals surface area contributed by atoms with Crippen LogP contribution in [0.25, 0.3) is 10.9 Å². The lowest BCUT2D eigenvalue weighted by atomic mass is 10.2. The summed E-state index contributed by atoms with van der Waals surface area (Å²) in [6.07, 6.45) is 4.57. The summed E-state index contributed by atoms with van der Waals surface area (Å²) in [6.45, 7) is 0. The lowest BCUT2D eigenvalue weighted by molar-refractivity contribution is 0.0992. The van der Waals surface area contributed by atoms with E-state index in [2.05, 4.69) is 9.97 Å². The van der Waals surface area contributed by atoms with Crippen LogP contribution >= 0.6 is 11.6 Å². The molecule has 2 aromatic heterocycles. The molecule has 21 heavy (non-hydrogen) atoms. The molecule has 0 aliphatic rings. The number of hydrogen-bond donors (Lipinski definition) is 1. The maximum absolute atomic E-state index is 14.2. The molecule has 0 aliphatic carbocycles. The minimum Gasteiger partial charge on any atom is -0.361 e. The van der Waals surface area contributed by atoms with Gasteiger partial charge in [-0.05, 0) is 18.2 Å². The van der Waals surface area contributed by atoms with E-state index >= 15 is 0 Å². The summed E-state index contributed by atoms with van der Waals surface area (Å²) in [7, 11) is 1.51. The quantitative estimate of drug-likeness (QED) is 0.786. The van der Waals surface area contributed by atoms with Crippen molar-refractivity contribution in [1.29, 1.82) is 0 Å². The number of hydrogen-bond acceptors (Lipinski definition) is 2. The number of anilines is 1. The van der Waals surface area contributed by atoms with Crippen LogP contribution in [0.3, 0.4) is 0 Å². The maximum atomic E-state index is 14.2. The van der Waals surface area contributed by atoms with Gasteiger partial charge in [0.05, 0.1) is 16.3 Å². The fraction of sp³-hybridized carbons (Fsp3) is 0.0667. The second-order valence-corrected chi connectivity index (χ2v) is 5.00. The zero-order chi connectivity index (χ0) is 15.0. The highest BCUT2D eigenvalue weighted by Crippen LogP contribution is 2.26. The van der Waals surface area contributed by atoms with Gasteiger partial charge in [-0.2, -0.15) is 0 Å². The highest BCUT2D eigenvalue weighted by Gasteiger charge is 2.19. The molecule has 3 aromatic rings. The number of aromatic amines is 1. The van der Waals surface area contributed by atoms with Crippen LogP contribution in [0.15, 0.2) is 42.9 Å². The van der Waals surface area contributed by atoms with E-state index in [1.54, 1.807) is 12.3 Å². The fourth-order valence-corrected chi connectivity index (χ4v) is 2.36. The average molecular weight is 304 g/mol. The van der Waals surface area contributed by atoms with Gasteiger partial charge in [-0.25, -0.2) is 4.39 Å². The van der Waals surface area contributed by atoms with E-state index < -0.39 is 11.7 Å². The van der Waals surface area contributed by atoms with E-state index in [0.717, 1.165) is 5.39 Å². The predicted molar refractivity (Wildman–Crippen MR) is 80.2 cm³/mol. The molecule has 0 spiro atoms. The first-order chi connectivity index (χ1) is 10.1. The molecule has 1 aromatic carbocycles. The summed E-state index contributed by atoms with van der Waals surface area (Å²) < 4.78 is 14.2. The number of benzene rings is 1. The van der Waals surface area contributed by atoms with Crippen molar-refractivity contribution in [2.24, 2.45) is 0 Å². The van der Waals surface area contributed by atoms with Crippen molar-refractivity contribution in [3.8, 4) is 0 Å². The Morgan fingerprint density at radius 1 is 1.38 bits per heavy atom. The van der Waals surface area contributed by atoms with Gasteiger partial charge in [0.15, 0.2) is 0 Å². The summed E-state index contributed by atoms with van der Waals surface area (Å²) in [4.78, 5) is 20.4. The van der Waals surface area contributed by atoms with E-state index in [-0.39, 0.29) is 16.3 Å². The van der Waals surface area contributed by atoms with Gasteiger partial charge in [0.1, 0.15) is 5.82 Å². The molecule has 6 heteroatoms. The van der Waals surface area contributed by atoms with Crippen molar-refractivity contribution in [2.45, 2.75) is 0 Å². The summed E-state index contributed by atoms with van der Waals surface area (Å²) >= 11 is 5.96. The zero-order valence-electron chi connectivity index (χ0n) is 11.1. The van der Waals surface area contributed by atoms with Crippen LogP contribution in [0.2, 0.25) is 5.02 Å². The molecule has 4 nitrogen and oxygen atoms in total.